The van der Waals surface area contributed by atoms with E-state index in [4.69, 9.17) is 0 Å². The number of nitrogens with zero attached hydrogens (tertiary/aromatic N) is 4. The number of carbonyl (C=O) groups is 2. The van der Waals surface area contributed by atoms with Crippen LogP contribution in [0.2, 0.25) is 0 Å². The van der Waals surface area contributed by atoms with Gasteiger partial charge in [-0.1, -0.05) is 56.5 Å². The molecule has 0 spiro atoms. The van der Waals surface area contributed by atoms with Gasteiger partial charge in [0.1, 0.15) is 6.07 Å². The van der Waals surface area contributed by atoms with Crippen molar-refractivity contribution in [3.63, 3.8) is 0 Å². The molecule has 0 aliphatic heterocycles. The maximum absolute atomic E-state index is 13.5. The largest absolute Gasteiger partial charge is 0.333 e. The number of benzene rings is 1. The van der Waals surface area contributed by atoms with Gasteiger partial charge in [0.15, 0.2) is 5.82 Å². The molecule has 1 heterocycles. The average molecular weight is 530 g/mol. The van der Waals surface area contributed by atoms with E-state index in [-0.39, 0.29) is 35.1 Å². The molecule has 2 saturated carbocycles. The normalized spacial score (nSPS) is 23.1. The topological polar surface area (TPSA) is 89.3 Å². The van der Waals surface area contributed by atoms with Gasteiger partial charge >= 0.3 is 0 Å². The van der Waals surface area contributed by atoms with Gasteiger partial charge in [0.25, 0.3) is 0 Å². The maximum atomic E-state index is 13.5. The van der Waals surface area contributed by atoms with E-state index in [0.29, 0.717) is 18.5 Å². The number of amides is 2. The summed E-state index contributed by atoms with van der Waals surface area (Å²) >= 11 is 0. The molecule has 7 heteroatoms. The minimum absolute atomic E-state index is 0.0254. The molecule has 208 valence electrons. The van der Waals surface area contributed by atoms with E-state index in [9.17, 15) is 14.9 Å². The van der Waals surface area contributed by atoms with Crippen LogP contribution >= 0.6 is 0 Å². The fraction of sp³-hybridized carbons (Fsp3) is 0.562. The van der Waals surface area contributed by atoms with Gasteiger partial charge in [-0.05, 0) is 81.6 Å². The second-order valence-electron chi connectivity index (χ2n) is 12.1. The van der Waals surface area contributed by atoms with Crippen LogP contribution in [0.5, 0.6) is 0 Å². The maximum Gasteiger partial charge on any atom is 0.245 e. The number of anilines is 1. The molecule has 0 bridgehead atoms. The van der Waals surface area contributed by atoms with Gasteiger partial charge in [0.05, 0.1) is 12.1 Å². The molecule has 2 fully saturated rings. The van der Waals surface area contributed by atoms with Crippen LogP contribution in [0.1, 0.15) is 82.3 Å². The Hall–Kier alpha value is -3.24. The fourth-order valence-electron chi connectivity index (χ4n) is 6.28. The molecule has 4 rings (SSSR count). The SMILES string of the molecule is CN(C)C1(c2ccccc2)CCC(C)(CN(CC(=O)Nc2ncccc2C#N)C(=O)CCCC2CCC2)CC1. The molecule has 2 amide bonds. The molecule has 0 atom stereocenters. The van der Waals surface area contributed by atoms with Crippen LogP contribution in [-0.4, -0.2) is 53.8 Å². The van der Waals surface area contributed by atoms with Crippen LogP contribution in [0.4, 0.5) is 5.82 Å². The smallest absolute Gasteiger partial charge is 0.245 e. The van der Waals surface area contributed by atoms with E-state index >= 15 is 0 Å². The third kappa shape index (κ3) is 7.05. The molecule has 2 aliphatic rings. The van der Waals surface area contributed by atoms with Gasteiger partial charge in [-0.25, -0.2) is 4.98 Å². The lowest BCUT2D eigenvalue weighted by atomic mass is 9.65. The molecule has 39 heavy (non-hydrogen) atoms. The Morgan fingerprint density at radius 2 is 1.79 bits per heavy atom. The number of rotatable bonds is 11. The fourth-order valence-corrected chi connectivity index (χ4v) is 6.28. The van der Waals surface area contributed by atoms with Crippen LogP contribution in [0, 0.1) is 22.7 Å². The van der Waals surface area contributed by atoms with Crippen molar-refractivity contribution < 1.29 is 9.59 Å². The predicted octanol–water partition coefficient (Wildman–Crippen LogP) is 5.73. The Kier molecular flexibility index (Phi) is 9.40. The third-order valence-electron chi connectivity index (χ3n) is 9.12. The molecule has 1 aromatic heterocycles. The summed E-state index contributed by atoms with van der Waals surface area (Å²) in [6.07, 6.45) is 11.8. The zero-order chi connectivity index (χ0) is 27.9. The highest BCUT2D eigenvalue weighted by molar-refractivity contribution is 5.94. The van der Waals surface area contributed by atoms with E-state index in [1.165, 1.54) is 24.8 Å². The Morgan fingerprint density at radius 3 is 2.41 bits per heavy atom. The number of hydrogen-bond donors (Lipinski definition) is 1. The molecule has 0 saturated heterocycles. The first kappa shape index (κ1) is 28.8. The lowest BCUT2D eigenvalue weighted by molar-refractivity contribution is -0.137. The van der Waals surface area contributed by atoms with Crippen molar-refractivity contribution in [3.05, 3.63) is 59.8 Å². The average Bonchev–Trinajstić information content (AvgIpc) is 2.90. The third-order valence-corrected chi connectivity index (χ3v) is 9.12. The zero-order valence-electron chi connectivity index (χ0n) is 23.8. The Morgan fingerprint density at radius 1 is 1.08 bits per heavy atom. The number of hydrogen-bond acceptors (Lipinski definition) is 5. The van der Waals surface area contributed by atoms with E-state index < -0.39 is 0 Å². The zero-order valence-corrected chi connectivity index (χ0v) is 23.8. The predicted molar refractivity (Wildman–Crippen MR) is 154 cm³/mol. The molecule has 2 aliphatic carbocycles. The first-order chi connectivity index (χ1) is 18.7. The van der Waals surface area contributed by atoms with E-state index in [2.05, 4.69) is 72.6 Å². The van der Waals surface area contributed by atoms with Crippen molar-refractivity contribution in [1.29, 1.82) is 5.26 Å². The van der Waals surface area contributed by atoms with Crippen LogP contribution in [0.15, 0.2) is 48.7 Å². The van der Waals surface area contributed by atoms with Crippen LogP contribution < -0.4 is 5.32 Å². The van der Waals surface area contributed by atoms with Crippen LogP contribution in [-0.2, 0) is 15.1 Å². The Balaban J connectivity index is 1.45. The van der Waals surface area contributed by atoms with Gasteiger partial charge in [-0.2, -0.15) is 5.26 Å². The summed E-state index contributed by atoms with van der Waals surface area (Å²) in [5.74, 6) is 0.726. The molecule has 0 radical (unpaired) electrons. The molecular weight excluding hydrogens is 486 g/mol. The summed E-state index contributed by atoms with van der Waals surface area (Å²) in [6.45, 7) is 2.78. The van der Waals surface area contributed by atoms with Crippen molar-refractivity contribution in [2.24, 2.45) is 11.3 Å². The minimum Gasteiger partial charge on any atom is -0.333 e. The monoisotopic (exact) mass is 529 g/mol. The van der Waals surface area contributed by atoms with Gasteiger partial charge in [0, 0.05) is 24.7 Å². The number of nitrogens with one attached hydrogen (secondary N) is 1. The molecule has 0 unspecified atom stereocenters. The molecule has 1 N–H and O–H groups in total. The van der Waals surface area contributed by atoms with E-state index in [1.54, 1.807) is 23.2 Å². The van der Waals surface area contributed by atoms with Crippen molar-refractivity contribution in [2.75, 3.05) is 32.5 Å². The summed E-state index contributed by atoms with van der Waals surface area (Å²) in [6, 6.07) is 16.1. The van der Waals surface area contributed by atoms with Crippen molar-refractivity contribution >= 4 is 17.6 Å². The van der Waals surface area contributed by atoms with E-state index in [0.717, 1.165) is 44.4 Å². The molecule has 2 aromatic rings. The van der Waals surface area contributed by atoms with E-state index in [1.807, 2.05) is 0 Å². The minimum atomic E-state index is -0.316. The highest BCUT2D eigenvalue weighted by Crippen LogP contribution is 2.48. The van der Waals surface area contributed by atoms with Crippen LogP contribution in [0.3, 0.4) is 0 Å². The molecular formula is C32H43N5O2. The molecule has 7 nitrogen and oxygen atoms in total. The van der Waals surface area contributed by atoms with Crippen molar-refractivity contribution in [3.8, 4) is 6.07 Å². The van der Waals surface area contributed by atoms with Gasteiger partial charge in [-0.15, -0.1) is 0 Å². The van der Waals surface area contributed by atoms with Crippen LogP contribution in [0.25, 0.3) is 0 Å². The summed E-state index contributed by atoms with van der Waals surface area (Å²) in [5.41, 5.74) is 1.54. The summed E-state index contributed by atoms with van der Waals surface area (Å²) in [7, 11) is 4.32. The van der Waals surface area contributed by atoms with Gasteiger partial charge in [-0.3, -0.25) is 14.5 Å². The first-order valence-electron chi connectivity index (χ1n) is 14.4. The van der Waals surface area contributed by atoms with Crippen molar-refractivity contribution in [1.82, 2.24) is 14.8 Å². The summed E-state index contributed by atoms with van der Waals surface area (Å²) < 4.78 is 0. The summed E-state index contributed by atoms with van der Waals surface area (Å²) in [4.78, 5) is 34.8. The standard InChI is InChI=1S/C32H43N5O2/c1-31(17-19-32(20-18-31,36(2)3)27-14-5-4-6-15-27)24-37(29(39)16-8-12-25-10-7-11-25)23-28(38)35-30-26(22-33)13-9-21-34-30/h4-6,9,13-15,21,25H,7-8,10-12,16-20,23-24H2,1-3H3,(H,34,35,38). The highest BCUT2D eigenvalue weighted by atomic mass is 16.2. The number of carbonyl (C=O) groups excluding carboxylic acids is 2. The Bertz CT molecular complexity index is 1160. The quantitative estimate of drug-likeness (QED) is 0.402. The highest BCUT2D eigenvalue weighted by Gasteiger charge is 2.44. The Labute approximate surface area is 233 Å². The summed E-state index contributed by atoms with van der Waals surface area (Å²) in [5, 5.41) is 12.1. The second kappa shape index (κ2) is 12.7. The van der Waals surface area contributed by atoms with Gasteiger partial charge < -0.3 is 10.2 Å². The number of pyridine rings is 1. The lowest BCUT2D eigenvalue weighted by Crippen LogP contribution is -2.50. The van der Waals surface area contributed by atoms with Crippen molar-refractivity contribution in [2.45, 2.75) is 76.7 Å². The first-order valence-corrected chi connectivity index (χ1v) is 14.4. The number of nitriles is 1. The van der Waals surface area contributed by atoms with Gasteiger partial charge in [0.2, 0.25) is 11.8 Å². The molecule has 1 aromatic carbocycles. The number of aromatic nitrogens is 1. The lowest BCUT2D eigenvalue weighted by Gasteiger charge is -2.50. The second-order valence-corrected chi connectivity index (χ2v) is 12.1.